The number of hydrogen-bond acceptors (Lipinski definition) is 3. The Labute approximate surface area is 183 Å². The van der Waals surface area contributed by atoms with Gasteiger partial charge in [0.1, 0.15) is 0 Å². The van der Waals surface area contributed by atoms with Crippen molar-refractivity contribution in [1.82, 2.24) is 9.80 Å². The molecule has 2 aromatic carbocycles. The first-order valence-electron chi connectivity index (χ1n) is 10.9. The minimum absolute atomic E-state index is 0.0362. The van der Waals surface area contributed by atoms with Crippen LogP contribution in [0.4, 0.5) is 5.69 Å². The summed E-state index contributed by atoms with van der Waals surface area (Å²) >= 11 is 0. The summed E-state index contributed by atoms with van der Waals surface area (Å²) in [5.74, 6) is -0.0880. The van der Waals surface area contributed by atoms with E-state index in [1.165, 1.54) is 0 Å². The first-order valence-corrected chi connectivity index (χ1v) is 10.9. The summed E-state index contributed by atoms with van der Waals surface area (Å²) in [6.45, 7) is 8.24. The largest absolute Gasteiger partial charge is 0.339 e. The van der Waals surface area contributed by atoms with E-state index in [-0.39, 0.29) is 17.7 Å². The average Bonchev–Trinajstić information content (AvgIpc) is 2.80. The lowest BCUT2D eigenvalue weighted by Crippen LogP contribution is -3.15. The van der Waals surface area contributed by atoms with Crippen molar-refractivity contribution in [2.24, 2.45) is 0 Å². The summed E-state index contributed by atoms with van der Waals surface area (Å²) in [5.41, 5.74) is 1.89. The van der Waals surface area contributed by atoms with Crippen molar-refractivity contribution in [3.8, 4) is 0 Å². The van der Waals surface area contributed by atoms with Gasteiger partial charge in [-0.05, 0) is 44.2 Å². The van der Waals surface area contributed by atoms with Crippen LogP contribution < -0.4 is 10.2 Å². The van der Waals surface area contributed by atoms with Gasteiger partial charge in [0.25, 0.3) is 17.7 Å². The number of piperazine rings is 1. The molecule has 31 heavy (non-hydrogen) atoms. The summed E-state index contributed by atoms with van der Waals surface area (Å²) in [4.78, 5) is 42.4. The minimum atomic E-state index is -0.0923. The Morgan fingerprint density at radius 2 is 1.58 bits per heavy atom. The zero-order valence-corrected chi connectivity index (χ0v) is 18.3. The maximum absolute atomic E-state index is 12.6. The molecule has 2 N–H and O–H groups in total. The predicted molar refractivity (Wildman–Crippen MR) is 120 cm³/mol. The zero-order valence-electron chi connectivity index (χ0n) is 18.3. The van der Waals surface area contributed by atoms with Gasteiger partial charge in [0, 0.05) is 29.9 Å². The van der Waals surface area contributed by atoms with Gasteiger partial charge in [-0.2, -0.15) is 0 Å². The van der Waals surface area contributed by atoms with Crippen LogP contribution in [0, 0.1) is 0 Å². The molecule has 0 aliphatic carbocycles. The van der Waals surface area contributed by atoms with Gasteiger partial charge in [-0.3, -0.25) is 14.4 Å². The van der Waals surface area contributed by atoms with Gasteiger partial charge < -0.3 is 20.0 Å². The zero-order chi connectivity index (χ0) is 22.2. The Kier molecular flexibility index (Phi) is 7.78. The number of hydrogen-bond donors (Lipinski definition) is 2. The number of anilines is 1. The molecule has 3 amide bonds. The van der Waals surface area contributed by atoms with Crippen molar-refractivity contribution >= 4 is 23.4 Å². The highest BCUT2D eigenvalue weighted by Crippen LogP contribution is 2.13. The number of carbonyl (C=O) groups excluding carboxylic acids is 3. The third-order valence-corrected chi connectivity index (χ3v) is 5.63. The van der Waals surface area contributed by atoms with Crippen LogP contribution in [0.1, 0.15) is 34.6 Å². The van der Waals surface area contributed by atoms with Crippen molar-refractivity contribution < 1.29 is 19.3 Å². The number of rotatable bonds is 7. The van der Waals surface area contributed by atoms with E-state index in [2.05, 4.69) is 5.32 Å². The second-order valence-corrected chi connectivity index (χ2v) is 7.69. The molecule has 2 aromatic rings. The standard InChI is InChI=1S/C24H30N4O3/c1-3-27(4-2)24(31)20-11-8-12-21(17-20)25-22(29)18-26-13-15-28(16-14-26)23(30)19-9-6-5-7-10-19/h5-12,17H,3-4,13-16,18H2,1-2H3,(H,25,29)/p+1. The van der Waals surface area contributed by atoms with Gasteiger partial charge in [-0.25, -0.2) is 0 Å². The molecule has 1 aliphatic heterocycles. The summed E-state index contributed by atoms with van der Waals surface area (Å²) in [6, 6.07) is 16.4. The van der Waals surface area contributed by atoms with E-state index in [0.29, 0.717) is 49.5 Å². The third-order valence-electron chi connectivity index (χ3n) is 5.63. The predicted octanol–water partition coefficient (Wildman–Crippen LogP) is 1.15. The Hall–Kier alpha value is -3.19. The number of nitrogens with one attached hydrogen (secondary N) is 2. The lowest BCUT2D eigenvalue weighted by atomic mass is 10.1. The van der Waals surface area contributed by atoms with Crippen LogP contribution in [0.2, 0.25) is 0 Å². The normalized spacial score (nSPS) is 14.2. The van der Waals surface area contributed by atoms with Gasteiger partial charge in [-0.1, -0.05) is 24.3 Å². The second-order valence-electron chi connectivity index (χ2n) is 7.69. The molecule has 7 heteroatoms. The molecule has 7 nitrogen and oxygen atoms in total. The summed E-state index contributed by atoms with van der Waals surface area (Å²) < 4.78 is 0. The molecule has 3 rings (SSSR count). The van der Waals surface area contributed by atoms with Gasteiger partial charge in [0.2, 0.25) is 0 Å². The van der Waals surface area contributed by atoms with Crippen molar-refractivity contribution in [3.63, 3.8) is 0 Å². The van der Waals surface area contributed by atoms with Gasteiger partial charge in [0.15, 0.2) is 6.54 Å². The molecule has 1 saturated heterocycles. The van der Waals surface area contributed by atoms with E-state index in [0.717, 1.165) is 18.0 Å². The molecule has 0 saturated carbocycles. The van der Waals surface area contributed by atoms with Crippen LogP contribution in [0.5, 0.6) is 0 Å². The highest BCUT2D eigenvalue weighted by Gasteiger charge is 2.26. The van der Waals surface area contributed by atoms with Crippen molar-refractivity contribution in [2.75, 3.05) is 51.1 Å². The van der Waals surface area contributed by atoms with Crippen molar-refractivity contribution in [3.05, 3.63) is 65.7 Å². The van der Waals surface area contributed by atoms with E-state index in [1.807, 2.05) is 49.1 Å². The van der Waals surface area contributed by atoms with Crippen LogP contribution in [0.15, 0.2) is 54.6 Å². The molecular weight excluding hydrogens is 392 g/mol. The molecule has 0 atom stereocenters. The first-order chi connectivity index (χ1) is 15.0. The van der Waals surface area contributed by atoms with Crippen LogP contribution in [0.3, 0.4) is 0 Å². The first kappa shape index (κ1) is 22.5. The van der Waals surface area contributed by atoms with Crippen molar-refractivity contribution in [2.45, 2.75) is 13.8 Å². The van der Waals surface area contributed by atoms with Gasteiger partial charge in [-0.15, -0.1) is 0 Å². The maximum Gasteiger partial charge on any atom is 0.279 e. The summed E-state index contributed by atoms with van der Waals surface area (Å²) in [5, 5.41) is 2.91. The molecule has 1 aliphatic rings. The fourth-order valence-electron chi connectivity index (χ4n) is 3.82. The fourth-order valence-corrected chi connectivity index (χ4v) is 3.82. The van der Waals surface area contributed by atoms with Crippen LogP contribution in [-0.4, -0.2) is 73.3 Å². The second kappa shape index (κ2) is 10.7. The van der Waals surface area contributed by atoms with E-state index in [4.69, 9.17) is 0 Å². The van der Waals surface area contributed by atoms with Gasteiger partial charge >= 0.3 is 0 Å². The van der Waals surface area contributed by atoms with E-state index in [1.54, 1.807) is 29.2 Å². The highest BCUT2D eigenvalue weighted by atomic mass is 16.2. The molecule has 0 radical (unpaired) electrons. The fraction of sp³-hybridized carbons (Fsp3) is 0.375. The number of quaternary nitrogens is 1. The minimum Gasteiger partial charge on any atom is -0.339 e. The molecule has 0 unspecified atom stereocenters. The summed E-state index contributed by atoms with van der Waals surface area (Å²) in [7, 11) is 0. The maximum atomic E-state index is 12.6. The topological polar surface area (TPSA) is 74.2 Å². The van der Waals surface area contributed by atoms with Crippen LogP contribution >= 0.6 is 0 Å². The Morgan fingerprint density at radius 1 is 0.935 bits per heavy atom. The van der Waals surface area contributed by atoms with Crippen molar-refractivity contribution in [1.29, 1.82) is 0 Å². The smallest absolute Gasteiger partial charge is 0.279 e. The quantitative estimate of drug-likeness (QED) is 0.702. The number of carbonyl (C=O) groups is 3. The number of nitrogens with zero attached hydrogens (tertiary/aromatic N) is 2. The monoisotopic (exact) mass is 423 g/mol. The van der Waals surface area contributed by atoms with E-state index >= 15 is 0 Å². The summed E-state index contributed by atoms with van der Waals surface area (Å²) in [6.07, 6.45) is 0. The Morgan fingerprint density at radius 3 is 2.23 bits per heavy atom. The average molecular weight is 424 g/mol. The van der Waals surface area contributed by atoms with E-state index < -0.39 is 0 Å². The molecule has 0 spiro atoms. The van der Waals surface area contributed by atoms with Crippen LogP contribution in [-0.2, 0) is 4.79 Å². The van der Waals surface area contributed by atoms with Gasteiger partial charge in [0.05, 0.1) is 26.2 Å². The molecular formula is C24H31N4O3+. The molecule has 164 valence electrons. The lowest BCUT2D eigenvalue weighted by molar-refractivity contribution is -0.895. The lowest BCUT2D eigenvalue weighted by Gasteiger charge is -2.32. The Balaban J connectivity index is 1.50. The molecule has 1 fully saturated rings. The number of benzene rings is 2. The molecule has 0 aromatic heterocycles. The van der Waals surface area contributed by atoms with E-state index in [9.17, 15) is 14.4 Å². The number of amides is 3. The highest BCUT2D eigenvalue weighted by molar-refractivity contribution is 5.97. The Bertz CT molecular complexity index is 904. The third kappa shape index (κ3) is 5.92. The van der Waals surface area contributed by atoms with Crippen LogP contribution in [0.25, 0.3) is 0 Å². The molecule has 0 bridgehead atoms. The molecule has 1 heterocycles. The SMILES string of the molecule is CCN(CC)C(=O)c1cccc(NC(=O)C[NH+]2CCN(C(=O)c3ccccc3)CC2)c1.